The Morgan fingerprint density at radius 2 is 1.76 bits per heavy atom. The molecule has 1 atom stereocenters. The first kappa shape index (κ1) is 18.1. The molecule has 0 bridgehead atoms. The molecule has 0 fully saturated rings. The highest BCUT2D eigenvalue weighted by Crippen LogP contribution is 2.35. The van der Waals surface area contributed by atoms with Crippen LogP contribution in [0.1, 0.15) is 62.0 Å². The number of nitrogens with zero attached hydrogens (tertiary/aromatic N) is 3. The molecule has 2 aromatic rings. The van der Waals surface area contributed by atoms with Gasteiger partial charge in [-0.1, -0.05) is 45.0 Å². The summed E-state index contributed by atoms with van der Waals surface area (Å²) < 4.78 is 2.41. The fourth-order valence-electron chi connectivity index (χ4n) is 4.03. The quantitative estimate of drug-likeness (QED) is 0.760. The molecule has 0 N–H and O–H groups in total. The fraction of sp³-hybridized carbons (Fsp3) is 0.545. The zero-order valence-corrected chi connectivity index (χ0v) is 16.7. The lowest BCUT2D eigenvalue weighted by Gasteiger charge is -2.35. The van der Waals surface area contributed by atoms with Crippen LogP contribution in [0.4, 0.5) is 0 Å². The Kier molecular flexibility index (Phi) is 4.97. The maximum atomic E-state index is 2.41. The van der Waals surface area contributed by atoms with Gasteiger partial charge < -0.3 is 0 Å². The minimum absolute atomic E-state index is 0.118. The van der Waals surface area contributed by atoms with Crippen molar-refractivity contribution in [2.75, 3.05) is 26.3 Å². The molecular formula is C22H33N3. The molecule has 3 rings (SSSR count). The molecule has 0 saturated carbocycles. The van der Waals surface area contributed by atoms with Crippen LogP contribution in [-0.2, 0) is 18.3 Å². The van der Waals surface area contributed by atoms with E-state index in [1.54, 1.807) is 11.1 Å². The number of aryl methyl sites for hydroxylation is 1. The smallest absolute Gasteiger partial charge is 0.0467 e. The summed E-state index contributed by atoms with van der Waals surface area (Å²) in [5.41, 5.74) is 6.00. The van der Waals surface area contributed by atoms with Crippen LogP contribution in [0.15, 0.2) is 36.4 Å². The summed E-state index contributed by atoms with van der Waals surface area (Å²) in [6.45, 7) is 6.88. The van der Waals surface area contributed by atoms with E-state index in [4.69, 9.17) is 0 Å². The van der Waals surface area contributed by atoms with Gasteiger partial charge >= 0.3 is 0 Å². The minimum atomic E-state index is 0.118. The number of hydrogen-bond acceptors (Lipinski definition) is 2. The lowest BCUT2D eigenvalue weighted by Crippen LogP contribution is -2.45. The molecular weight excluding hydrogens is 306 g/mol. The van der Waals surface area contributed by atoms with Gasteiger partial charge in [0.2, 0.25) is 0 Å². The van der Waals surface area contributed by atoms with Crippen LogP contribution < -0.4 is 5.12 Å². The van der Waals surface area contributed by atoms with Crippen LogP contribution in [-0.4, -0.2) is 30.8 Å². The molecule has 1 unspecified atom stereocenters. The van der Waals surface area contributed by atoms with Crippen molar-refractivity contribution in [3.05, 3.63) is 58.9 Å². The Hall–Kier alpha value is -1.74. The Balaban J connectivity index is 1.97. The van der Waals surface area contributed by atoms with E-state index < -0.39 is 0 Å². The summed E-state index contributed by atoms with van der Waals surface area (Å²) in [5.74, 6) is 0.627. The van der Waals surface area contributed by atoms with Gasteiger partial charge in [0.15, 0.2) is 0 Å². The second-order valence-electron chi connectivity index (χ2n) is 8.60. The van der Waals surface area contributed by atoms with Crippen LogP contribution in [0.3, 0.4) is 0 Å². The lowest BCUT2D eigenvalue weighted by molar-refractivity contribution is 0.289. The van der Waals surface area contributed by atoms with Gasteiger partial charge in [0.25, 0.3) is 0 Å². The van der Waals surface area contributed by atoms with E-state index in [1.807, 2.05) is 0 Å². The van der Waals surface area contributed by atoms with E-state index in [0.29, 0.717) is 5.92 Å². The number of rotatable bonds is 4. The summed E-state index contributed by atoms with van der Waals surface area (Å²) >= 11 is 0. The summed E-state index contributed by atoms with van der Waals surface area (Å²) in [6.07, 6.45) is 4.93. The number of hydrogen-bond donors (Lipinski definition) is 0. The standard InChI is InChI=1S/C22H33N3/c1-22(2,3)21-15-14-19(25(21)24(6)23(4)5)16-18-12-9-11-17-10-7-8-13-20(17)18/h7-8,10,13-15,18H,9,11-12,16H2,1-6H3. The minimum Gasteiger partial charge on any atom is -0.252 e. The number of benzene rings is 1. The SMILES string of the molecule is CN(C)N(C)n1c(CC2CCCc3ccccc32)ccc1C(C)(C)C. The predicted molar refractivity (Wildman–Crippen MR) is 107 cm³/mol. The zero-order valence-electron chi connectivity index (χ0n) is 16.7. The largest absolute Gasteiger partial charge is 0.252 e. The van der Waals surface area contributed by atoms with E-state index in [0.717, 1.165) is 6.42 Å². The molecule has 1 aliphatic carbocycles. The maximum absolute atomic E-state index is 2.41. The summed E-state index contributed by atoms with van der Waals surface area (Å²) in [5, 5.41) is 4.37. The van der Waals surface area contributed by atoms with Crippen molar-refractivity contribution in [3.63, 3.8) is 0 Å². The molecule has 1 aromatic carbocycles. The summed E-state index contributed by atoms with van der Waals surface area (Å²) in [6, 6.07) is 13.7. The van der Waals surface area contributed by atoms with Crippen LogP contribution in [0.2, 0.25) is 0 Å². The monoisotopic (exact) mass is 339 g/mol. The lowest BCUT2D eigenvalue weighted by atomic mass is 9.80. The Labute approximate surface area is 153 Å². The third kappa shape index (κ3) is 3.62. The molecule has 0 aliphatic heterocycles. The molecule has 0 radical (unpaired) electrons. The van der Waals surface area contributed by atoms with E-state index in [1.165, 1.54) is 30.7 Å². The van der Waals surface area contributed by atoms with E-state index >= 15 is 0 Å². The van der Waals surface area contributed by atoms with Crippen LogP contribution >= 0.6 is 0 Å². The average Bonchev–Trinajstić information content (AvgIpc) is 2.98. The molecule has 1 aromatic heterocycles. The molecule has 25 heavy (non-hydrogen) atoms. The Morgan fingerprint density at radius 3 is 2.44 bits per heavy atom. The van der Waals surface area contributed by atoms with E-state index in [-0.39, 0.29) is 5.41 Å². The Bertz CT molecular complexity index is 721. The zero-order chi connectivity index (χ0) is 18.2. The Morgan fingerprint density at radius 1 is 1.04 bits per heavy atom. The molecule has 0 spiro atoms. The van der Waals surface area contributed by atoms with Crippen molar-refractivity contribution in [1.29, 1.82) is 0 Å². The highest BCUT2D eigenvalue weighted by molar-refractivity contribution is 5.34. The number of hydrazine groups is 1. The van der Waals surface area contributed by atoms with Crippen molar-refractivity contribution >= 4 is 0 Å². The van der Waals surface area contributed by atoms with Crippen molar-refractivity contribution in [2.24, 2.45) is 0 Å². The van der Waals surface area contributed by atoms with Gasteiger partial charge in [0.1, 0.15) is 0 Å². The summed E-state index contributed by atoms with van der Waals surface area (Å²) in [7, 11) is 6.35. The van der Waals surface area contributed by atoms with Crippen LogP contribution in [0, 0.1) is 0 Å². The highest BCUT2D eigenvalue weighted by atomic mass is 15.8. The molecule has 3 heteroatoms. The second kappa shape index (κ2) is 6.87. The van der Waals surface area contributed by atoms with Crippen molar-refractivity contribution in [3.8, 4) is 0 Å². The molecule has 1 aliphatic rings. The van der Waals surface area contributed by atoms with Gasteiger partial charge in [-0.25, -0.2) is 10.1 Å². The number of fused-ring (bicyclic) bond motifs is 1. The van der Waals surface area contributed by atoms with Gasteiger partial charge in [-0.15, -0.1) is 0 Å². The van der Waals surface area contributed by atoms with Gasteiger partial charge in [-0.3, -0.25) is 4.68 Å². The third-order valence-electron chi connectivity index (χ3n) is 5.52. The first-order valence-corrected chi connectivity index (χ1v) is 9.49. The first-order chi connectivity index (χ1) is 11.8. The van der Waals surface area contributed by atoms with E-state index in [2.05, 4.69) is 93.1 Å². The summed E-state index contributed by atoms with van der Waals surface area (Å²) in [4.78, 5) is 0. The molecule has 1 heterocycles. The van der Waals surface area contributed by atoms with Gasteiger partial charge in [0.05, 0.1) is 0 Å². The van der Waals surface area contributed by atoms with Crippen molar-refractivity contribution in [2.45, 2.75) is 57.8 Å². The van der Waals surface area contributed by atoms with Gasteiger partial charge in [-0.2, -0.15) is 0 Å². The topological polar surface area (TPSA) is 11.4 Å². The van der Waals surface area contributed by atoms with Crippen molar-refractivity contribution < 1.29 is 0 Å². The normalized spacial score (nSPS) is 17.6. The fourth-order valence-corrected chi connectivity index (χ4v) is 4.03. The maximum Gasteiger partial charge on any atom is 0.0467 e. The molecule has 3 nitrogen and oxygen atoms in total. The van der Waals surface area contributed by atoms with Crippen molar-refractivity contribution in [1.82, 2.24) is 9.69 Å². The first-order valence-electron chi connectivity index (χ1n) is 9.49. The van der Waals surface area contributed by atoms with Crippen LogP contribution in [0.25, 0.3) is 0 Å². The molecule has 136 valence electrons. The third-order valence-corrected chi connectivity index (χ3v) is 5.52. The second-order valence-corrected chi connectivity index (χ2v) is 8.60. The molecule has 0 amide bonds. The highest BCUT2D eigenvalue weighted by Gasteiger charge is 2.26. The van der Waals surface area contributed by atoms with Crippen LogP contribution in [0.5, 0.6) is 0 Å². The average molecular weight is 340 g/mol. The van der Waals surface area contributed by atoms with Gasteiger partial charge in [0, 0.05) is 37.9 Å². The van der Waals surface area contributed by atoms with E-state index in [9.17, 15) is 0 Å². The molecule has 0 saturated heterocycles. The number of aromatic nitrogens is 1. The predicted octanol–water partition coefficient (Wildman–Crippen LogP) is 4.49. The van der Waals surface area contributed by atoms with Gasteiger partial charge in [-0.05, 0) is 54.9 Å².